The van der Waals surface area contributed by atoms with Crippen LogP contribution in [-0.4, -0.2) is 42.8 Å². The summed E-state index contributed by atoms with van der Waals surface area (Å²) in [6, 6.07) is 7.76. The number of nitrogens with zero attached hydrogens (tertiary/aromatic N) is 1. The van der Waals surface area contributed by atoms with Gasteiger partial charge in [0.15, 0.2) is 0 Å². The van der Waals surface area contributed by atoms with Crippen LogP contribution in [0.15, 0.2) is 30.5 Å². The van der Waals surface area contributed by atoms with Gasteiger partial charge in [0.05, 0.1) is 12.7 Å². The molecular weight excluding hydrogens is 254 g/mol. The van der Waals surface area contributed by atoms with E-state index in [-0.39, 0.29) is 12.0 Å². The third-order valence-electron chi connectivity index (χ3n) is 3.67. The van der Waals surface area contributed by atoms with Crippen LogP contribution in [0.3, 0.4) is 0 Å². The first kappa shape index (κ1) is 13.1. The first-order valence-corrected chi connectivity index (χ1v) is 6.90. The van der Waals surface area contributed by atoms with Crippen molar-refractivity contribution in [2.45, 2.75) is 6.10 Å². The molecule has 1 aliphatic rings. The lowest BCUT2D eigenvalue weighted by Crippen LogP contribution is -2.45. The Labute approximate surface area is 117 Å². The van der Waals surface area contributed by atoms with Crippen molar-refractivity contribution < 1.29 is 9.53 Å². The second-order valence-electron chi connectivity index (χ2n) is 5.07. The first-order valence-electron chi connectivity index (χ1n) is 6.90. The fraction of sp³-hybridized carbons (Fsp3) is 0.400. The highest BCUT2D eigenvalue weighted by molar-refractivity contribution is 6.06. The number of aromatic nitrogens is 1. The van der Waals surface area contributed by atoms with Gasteiger partial charge in [0.1, 0.15) is 0 Å². The van der Waals surface area contributed by atoms with Crippen molar-refractivity contribution in [2.24, 2.45) is 7.05 Å². The zero-order valence-electron chi connectivity index (χ0n) is 11.6. The number of carbonyl (C=O) groups excluding carboxylic acids is 1. The fourth-order valence-corrected chi connectivity index (χ4v) is 2.55. The maximum Gasteiger partial charge on any atom is 0.252 e. The lowest BCUT2D eigenvalue weighted by molar-refractivity contribution is 0.0287. The van der Waals surface area contributed by atoms with E-state index in [2.05, 4.69) is 10.6 Å². The topological polar surface area (TPSA) is 55.3 Å². The quantitative estimate of drug-likeness (QED) is 0.873. The molecule has 3 rings (SSSR count). The second kappa shape index (κ2) is 5.64. The van der Waals surface area contributed by atoms with E-state index in [1.165, 1.54) is 0 Å². The predicted octanol–water partition coefficient (Wildman–Crippen LogP) is 0.896. The van der Waals surface area contributed by atoms with Gasteiger partial charge in [-0.15, -0.1) is 0 Å². The monoisotopic (exact) mass is 273 g/mol. The fourth-order valence-electron chi connectivity index (χ4n) is 2.55. The molecule has 1 aromatic carbocycles. The summed E-state index contributed by atoms with van der Waals surface area (Å²) in [4.78, 5) is 12.3. The molecule has 0 spiro atoms. The molecule has 20 heavy (non-hydrogen) atoms. The number of aryl methyl sites for hydroxylation is 1. The summed E-state index contributed by atoms with van der Waals surface area (Å²) in [7, 11) is 1.98. The van der Waals surface area contributed by atoms with E-state index in [9.17, 15) is 4.79 Å². The van der Waals surface area contributed by atoms with Gasteiger partial charge in [-0.1, -0.05) is 6.07 Å². The van der Waals surface area contributed by atoms with E-state index >= 15 is 0 Å². The SMILES string of the molecule is Cn1ccc2c(C(=O)NC[C@@H]3CNCCO3)cccc21. The summed E-state index contributed by atoms with van der Waals surface area (Å²) in [6.45, 7) is 2.91. The molecule has 5 nitrogen and oxygen atoms in total. The number of fused-ring (bicyclic) bond motifs is 1. The largest absolute Gasteiger partial charge is 0.374 e. The molecule has 0 bridgehead atoms. The minimum absolute atomic E-state index is 0.0454. The van der Waals surface area contributed by atoms with Crippen molar-refractivity contribution in [2.75, 3.05) is 26.2 Å². The maximum atomic E-state index is 12.3. The van der Waals surface area contributed by atoms with Crippen LogP contribution in [0.5, 0.6) is 0 Å². The minimum Gasteiger partial charge on any atom is -0.374 e. The van der Waals surface area contributed by atoms with Gasteiger partial charge in [0, 0.05) is 49.3 Å². The van der Waals surface area contributed by atoms with Gasteiger partial charge >= 0.3 is 0 Å². The normalized spacial score (nSPS) is 19.1. The lowest BCUT2D eigenvalue weighted by Gasteiger charge is -2.23. The van der Waals surface area contributed by atoms with Gasteiger partial charge in [-0.3, -0.25) is 4.79 Å². The van der Waals surface area contributed by atoms with Crippen molar-refractivity contribution in [3.63, 3.8) is 0 Å². The molecule has 1 aliphatic heterocycles. The van der Waals surface area contributed by atoms with Crippen molar-refractivity contribution in [3.8, 4) is 0 Å². The summed E-state index contributed by atoms with van der Waals surface area (Å²) in [5, 5.41) is 7.19. The molecule has 1 atom stereocenters. The molecule has 0 radical (unpaired) electrons. The lowest BCUT2D eigenvalue weighted by atomic mass is 10.1. The number of nitrogens with one attached hydrogen (secondary N) is 2. The molecule has 1 saturated heterocycles. The van der Waals surface area contributed by atoms with Gasteiger partial charge in [-0.25, -0.2) is 0 Å². The van der Waals surface area contributed by atoms with Crippen LogP contribution in [0.25, 0.3) is 10.9 Å². The highest BCUT2D eigenvalue weighted by Gasteiger charge is 2.16. The number of carbonyl (C=O) groups is 1. The van der Waals surface area contributed by atoms with Crippen molar-refractivity contribution in [3.05, 3.63) is 36.0 Å². The summed E-state index contributed by atoms with van der Waals surface area (Å²) < 4.78 is 7.59. The number of benzene rings is 1. The molecule has 1 aromatic heterocycles. The highest BCUT2D eigenvalue weighted by atomic mass is 16.5. The van der Waals surface area contributed by atoms with E-state index in [1.807, 2.05) is 42.1 Å². The molecular formula is C15H19N3O2. The molecule has 1 fully saturated rings. The highest BCUT2D eigenvalue weighted by Crippen LogP contribution is 2.19. The average molecular weight is 273 g/mol. The van der Waals surface area contributed by atoms with Crippen LogP contribution in [0, 0.1) is 0 Å². The van der Waals surface area contributed by atoms with Crippen molar-refractivity contribution in [1.82, 2.24) is 15.2 Å². The van der Waals surface area contributed by atoms with E-state index in [4.69, 9.17) is 4.74 Å². The van der Waals surface area contributed by atoms with E-state index in [0.29, 0.717) is 18.7 Å². The molecule has 2 heterocycles. The van der Waals surface area contributed by atoms with E-state index in [0.717, 1.165) is 24.0 Å². The standard InChI is InChI=1S/C15H19N3O2/c1-18-7-5-12-13(3-2-4-14(12)18)15(19)17-10-11-9-16-6-8-20-11/h2-5,7,11,16H,6,8-10H2,1H3,(H,17,19)/t11-/m0/s1. The summed E-state index contributed by atoms with van der Waals surface area (Å²) >= 11 is 0. The Bertz CT molecular complexity index is 615. The smallest absolute Gasteiger partial charge is 0.252 e. The Hall–Kier alpha value is -1.85. The van der Waals surface area contributed by atoms with Crippen molar-refractivity contribution >= 4 is 16.8 Å². The van der Waals surface area contributed by atoms with Gasteiger partial charge in [0.25, 0.3) is 5.91 Å². The molecule has 2 N–H and O–H groups in total. The molecule has 1 amide bonds. The Morgan fingerprint density at radius 3 is 3.20 bits per heavy atom. The number of hydrogen-bond acceptors (Lipinski definition) is 3. The van der Waals surface area contributed by atoms with E-state index in [1.54, 1.807) is 0 Å². The van der Waals surface area contributed by atoms with Crippen LogP contribution < -0.4 is 10.6 Å². The van der Waals surface area contributed by atoms with Gasteiger partial charge in [0.2, 0.25) is 0 Å². The van der Waals surface area contributed by atoms with Crippen LogP contribution in [-0.2, 0) is 11.8 Å². The molecule has 0 aliphatic carbocycles. The first-order chi connectivity index (χ1) is 9.75. The van der Waals surface area contributed by atoms with E-state index < -0.39 is 0 Å². The zero-order valence-corrected chi connectivity index (χ0v) is 11.6. The molecule has 0 saturated carbocycles. The Kier molecular flexibility index (Phi) is 3.71. The average Bonchev–Trinajstić information content (AvgIpc) is 2.87. The number of rotatable bonds is 3. The third-order valence-corrected chi connectivity index (χ3v) is 3.67. The third kappa shape index (κ3) is 2.55. The Morgan fingerprint density at radius 1 is 1.50 bits per heavy atom. The summed E-state index contributed by atoms with van der Waals surface area (Å²) in [5.74, 6) is -0.0454. The van der Waals surface area contributed by atoms with Crippen LogP contribution in [0.2, 0.25) is 0 Å². The Balaban J connectivity index is 1.72. The number of hydrogen-bond donors (Lipinski definition) is 2. The molecule has 2 aromatic rings. The number of morpholine rings is 1. The van der Waals surface area contributed by atoms with Crippen LogP contribution in [0.4, 0.5) is 0 Å². The minimum atomic E-state index is -0.0454. The predicted molar refractivity (Wildman–Crippen MR) is 77.9 cm³/mol. The van der Waals surface area contributed by atoms with Gasteiger partial charge < -0.3 is 19.9 Å². The maximum absolute atomic E-state index is 12.3. The Morgan fingerprint density at radius 2 is 2.40 bits per heavy atom. The number of ether oxygens (including phenoxy) is 1. The summed E-state index contributed by atoms with van der Waals surface area (Å²) in [5.41, 5.74) is 1.78. The van der Waals surface area contributed by atoms with Gasteiger partial charge in [-0.2, -0.15) is 0 Å². The molecule has 0 unspecified atom stereocenters. The van der Waals surface area contributed by atoms with Crippen molar-refractivity contribution in [1.29, 1.82) is 0 Å². The number of amides is 1. The summed E-state index contributed by atoms with van der Waals surface area (Å²) in [6.07, 6.45) is 2.03. The van der Waals surface area contributed by atoms with Gasteiger partial charge in [-0.05, 0) is 18.2 Å². The molecule has 106 valence electrons. The van der Waals surface area contributed by atoms with Crippen LogP contribution in [0.1, 0.15) is 10.4 Å². The second-order valence-corrected chi connectivity index (χ2v) is 5.07. The zero-order chi connectivity index (χ0) is 13.9. The van der Waals surface area contributed by atoms with Crippen LogP contribution >= 0.6 is 0 Å². The molecule has 5 heteroatoms.